The lowest BCUT2D eigenvalue weighted by Crippen LogP contribution is -2.23. The predicted molar refractivity (Wildman–Crippen MR) is 96.8 cm³/mol. The summed E-state index contributed by atoms with van der Waals surface area (Å²) >= 11 is 5.89. The molecule has 1 aromatic carbocycles. The van der Waals surface area contributed by atoms with Crippen LogP contribution in [-0.4, -0.2) is 36.5 Å². The quantitative estimate of drug-likeness (QED) is 0.623. The van der Waals surface area contributed by atoms with Gasteiger partial charge in [-0.05, 0) is 25.1 Å². The van der Waals surface area contributed by atoms with Crippen LogP contribution in [0.1, 0.15) is 23.3 Å². The third-order valence-corrected chi connectivity index (χ3v) is 4.07. The van der Waals surface area contributed by atoms with Crippen LogP contribution in [0, 0.1) is 5.82 Å². The molecule has 0 bridgehead atoms. The number of anilines is 1. The summed E-state index contributed by atoms with van der Waals surface area (Å²) < 4.78 is 21.2. The highest BCUT2D eigenvalue weighted by Crippen LogP contribution is 2.25. The molecule has 0 spiro atoms. The van der Waals surface area contributed by atoms with E-state index in [0.29, 0.717) is 11.4 Å². The second kappa shape index (κ2) is 8.09. The number of benzene rings is 1. The maximum Gasteiger partial charge on any atom is 0.338 e. The van der Waals surface area contributed by atoms with E-state index in [2.05, 4.69) is 15.5 Å². The van der Waals surface area contributed by atoms with Crippen molar-refractivity contribution >= 4 is 29.2 Å². The maximum absolute atomic E-state index is 13.0. The standard InChI is InChI=1S/C17H15ClFN5O4/c1-10(24-7-11(5-21-24)17(26)27)16(25)22-13-6-20-23(8-13)9-28-15-3-2-12(19)4-14(15)18/h2-8,10H,9H2,1H3,(H,22,25)(H,26,27). The number of nitrogens with zero attached hydrogens (tertiary/aromatic N) is 4. The van der Waals surface area contributed by atoms with E-state index < -0.39 is 23.7 Å². The van der Waals surface area contributed by atoms with E-state index in [4.69, 9.17) is 21.4 Å². The molecule has 2 heterocycles. The summed E-state index contributed by atoms with van der Waals surface area (Å²) in [5, 5.41) is 19.6. The zero-order valence-electron chi connectivity index (χ0n) is 14.5. The van der Waals surface area contributed by atoms with E-state index in [-0.39, 0.29) is 17.3 Å². The second-order valence-electron chi connectivity index (χ2n) is 5.80. The number of hydrogen-bond donors (Lipinski definition) is 2. The SMILES string of the molecule is CC(C(=O)Nc1cnn(COc2ccc(F)cc2Cl)c1)n1cc(C(=O)O)cn1. The van der Waals surface area contributed by atoms with Crippen molar-refractivity contribution in [2.45, 2.75) is 19.7 Å². The fraction of sp³-hybridized carbons (Fsp3) is 0.176. The molecule has 0 saturated carbocycles. The van der Waals surface area contributed by atoms with Crippen LogP contribution in [0.15, 0.2) is 43.0 Å². The minimum Gasteiger partial charge on any atom is -0.478 e. The third kappa shape index (κ3) is 4.46. The van der Waals surface area contributed by atoms with Crippen LogP contribution in [0.2, 0.25) is 5.02 Å². The van der Waals surface area contributed by atoms with Crippen molar-refractivity contribution in [3.63, 3.8) is 0 Å². The van der Waals surface area contributed by atoms with Crippen LogP contribution in [0.3, 0.4) is 0 Å². The van der Waals surface area contributed by atoms with Crippen molar-refractivity contribution in [3.05, 3.63) is 59.4 Å². The first-order valence-corrected chi connectivity index (χ1v) is 8.40. The fourth-order valence-electron chi connectivity index (χ4n) is 2.25. The van der Waals surface area contributed by atoms with Gasteiger partial charge in [-0.3, -0.25) is 9.48 Å². The molecule has 2 aromatic heterocycles. The van der Waals surface area contributed by atoms with E-state index in [1.807, 2.05) is 0 Å². The number of carboxylic acids is 1. The van der Waals surface area contributed by atoms with Gasteiger partial charge in [0.25, 0.3) is 0 Å². The first-order valence-electron chi connectivity index (χ1n) is 8.02. The molecule has 0 radical (unpaired) electrons. The Hall–Kier alpha value is -3.40. The van der Waals surface area contributed by atoms with Crippen molar-refractivity contribution < 1.29 is 23.8 Å². The average molecular weight is 408 g/mol. The Morgan fingerprint density at radius 3 is 2.79 bits per heavy atom. The number of amides is 1. The molecule has 3 aromatic rings. The van der Waals surface area contributed by atoms with Crippen molar-refractivity contribution in [1.29, 1.82) is 0 Å². The fourth-order valence-corrected chi connectivity index (χ4v) is 2.48. The number of halogens is 2. The van der Waals surface area contributed by atoms with Crippen LogP contribution in [0.25, 0.3) is 0 Å². The molecule has 0 aliphatic heterocycles. The summed E-state index contributed by atoms with van der Waals surface area (Å²) in [6.45, 7) is 1.58. The summed E-state index contributed by atoms with van der Waals surface area (Å²) in [5.41, 5.74) is 0.403. The topological polar surface area (TPSA) is 111 Å². The van der Waals surface area contributed by atoms with E-state index in [9.17, 15) is 14.0 Å². The summed E-state index contributed by atoms with van der Waals surface area (Å²) in [4.78, 5) is 23.2. The van der Waals surface area contributed by atoms with Gasteiger partial charge >= 0.3 is 5.97 Å². The van der Waals surface area contributed by atoms with E-state index in [1.165, 1.54) is 46.3 Å². The molecule has 0 aliphatic carbocycles. The minimum atomic E-state index is -1.12. The van der Waals surface area contributed by atoms with E-state index in [1.54, 1.807) is 6.92 Å². The van der Waals surface area contributed by atoms with E-state index in [0.717, 1.165) is 6.07 Å². The first-order chi connectivity index (χ1) is 13.3. The van der Waals surface area contributed by atoms with Gasteiger partial charge in [0.1, 0.15) is 17.6 Å². The normalized spacial score (nSPS) is 11.8. The molecule has 0 aliphatic rings. The monoisotopic (exact) mass is 407 g/mol. The molecule has 2 N–H and O–H groups in total. The molecule has 1 amide bonds. The highest BCUT2D eigenvalue weighted by molar-refractivity contribution is 6.32. The predicted octanol–water partition coefficient (Wildman–Crippen LogP) is 2.81. The number of rotatable bonds is 7. The number of aromatic nitrogens is 4. The molecule has 28 heavy (non-hydrogen) atoms. The molecule has 9 nitrogen and oxygen atoms in total. The molecule has 3 rings (SSSR count). The van der Waals surface area contributed by atoms with Crippen LogP contribution in [0.5, 0.6) is 5.75 Å². The van der Waals surface area contributed by atoms with Gasteiger partial charge in [0.15, 0.2) is 6.73 Å². The van der Waals surface area contributed by atoms with Crippen molar-refractivity contribution in [2.75, 3.05) is 5.32 Å². The number of ether oxygens (including phenoxy) is 1. The van der Waals surface area contributed by atoms with Gasteiger partial charge in [0, 0.05) is 6.20 Å². The van der Waals surface area contributed by atoms with E-state index >= 15 is 0 Å². The Morgan fingerprint density at radius 2 is 2.11 bits per heavy atom. The Kier molecular flexibility index (Phi) is 5.59. The number of hydrogen-bond acceptors (Lipinski definition) is 5. The molecule has 11 heteroatoms. The first kappa shape index (κ1) is 19.4. The number of aromatic carboxylic acids is 1. The van der Waals surface area contributed by atoms with Crippen molar-refractivity contribution in [2.24, 2.45) is 0 Å². The highest BCUT2D eigenvalue weighted by Gasteiger charge is 2.18. The van der Waals surface area contributed by atoms with Crippen molar-refractivity contribution in [1.82, 2.24) is 19.6 Å². The zero-order chi connectivity index (χ0) is 20.3. The van der Waals surface area contributed by atoms with Gasteiger partial charge in [-0.1, -0.05) is 11.6 Å². The Bertz CT molecular complexity index is 1020. The number of carbonyl (C=O) groups is 2. The van der Waals surface area contributed by atoms with Crippen molar-refractivity contribution in [3.8, 4) is 5.75 Å². The van der Waals surface area contributed by atoms with Gasteiger partial charge in [-0.2, -0.15) is 10.2 Å². The lowest BCUT2D eigenvalue weighted by atomic mass is 10.3. The largest absolute Gasteiger partial charge is 0.478 e. The summed E-state index contributed by atoms with van der Waals surface area (Å²) in [6.07, 6.45) is 5.40. The van der Waals surface area contributed by atoms with Gasteiger partial charge in [0.2, 0.25) is 5.91 Å². The lowest BCUT2D eigenvalue weighted by Gasteiger charge is -2.11. The molecule has 0 fully saturated rings. The molecular weight excluding hydrogens is 393 g/mol. The molecule has 0 saturated heterocycles. The summed E-state index contributed by atoms with van der Waals surface area (Å²) in [6, 6.07) is 3.03. The smallest absolute Gasteiger partial charge is 0.338 e. The highest BCUT2D eigenvalue weighted by atomic mass is 35.5. The summed E-state index contributed by atoms with van der Waals surface area (Å²) in [7, 11) is 0. The van der Waals surface area contributed by atoms with Gasteiger partial charge < -0.3 is 15.2 Å². The number of nitrogens with one attached hydrogen (secondary N) is 1. The van der Waals surface area contributed by atoms with Crippen LogP contribution in [-0.2, 0) is 11.5 Å². The molecule has 146 valence electrons. The molecular formula is C17H15ClFN5O4. The third-order valence-electron chi connectivity index (χ3n) is 3.77. The van der Waals surface area contributed by atoms with Crippen LogP contribution in [0.4, 0.5) is 10.1 Å². The molecule has 1 unspecified atom stereocenters. The average Bonchev–Trinajstić information content (AvgIpc) is 3.30. The number of carbonyl (C=O) groups excluding carboxylic acids is 1. The van der Waals surface area contributed by atoms with Gasteiger partial charge in [0.05, 0.1) is 34.9 Å². The van der Waals surface area contributed by atoms with Crippen LogP contribution >= 0.6 is 11.6 Å². The molecule has 1 atom stereocenters. The van der Waals surface area contributed by atoms with Gasteiger partial charge in [-0.25, -0.2) is 13.9 Å². The summed E-state index contributed by atoms with van der Waals surface area (Å²) in [5.74, 6) is -1.70. The Balaban J connectivity index is 1.58. The second-order valence-corrected chi connectivity index (χ2v) is 6.20. The maximum atomic E-state index is 13.0. The number of carboxylic acid groups (broad SMARTS) is 1. The zero-order valence-corrected chi connectivity index (χ0v) is 15.3. The Morgan fingerprint density at radius 1 is 1.32 bits per heavy atom. The van der Waals surface area contributed by atoms with Crippen LogP contribution < -0.4 is 10.1 Å². The Labute approximate surface area is 163 Å². The van der Waals surface area contributed by atoms with Gasteiger partial charge in [-0.15, -0.1) is 0 Å². The minimum absolute atomic E-state index is 0.00208. The lowest BCUT2D eigenvalue weighted by molar-refractivity contribution is -0.119.